The standard InChI is InChI=1S/C16H23FN4/c1-3-21-14-8-4-7-13(17)16(14)19-15(21)11-20-9-5-6-12(10-20)18-2/h4,7-8,12,18H,3,5-6,9-11H2,1-2H3. The number of fused-ring (bicyclic) bond motifs is 1. The zero-order valence-electron chi connectivity index (χ0n) is 12.8. The molecular weight excluding hydrogens is 267 g/mol. The Balaban J connectivity index is 1.88. The van der Waals surface area contributed by atoms with E-state index in [1.165, 1.54) is 18.9 Å². The van der Waals surface area contributed by atoms with Gasteiger partial charge in [0, 0.05) is 19.1 Å². The van der Waals surface area contributed by atoms with E-state index in [0.717, 1.165) is 37.5 Å². The van der Waals surface area contributed by atoms with Crippen LogP contribution < -0.4 is 5.32 Å². The zero-order valence-corrected chi connectivity index (χ0v) is 12.8. The highest BCUT2D eigenvalue weighted by molar-refractivity contribution is 5.76. The van der Waals surface area contributed by atoms with Gasteiger partial charge in [0.05, 0.1) is 12.1 Å². The Morgan fingerprint density at radius 2 is 2.29 bits per heavy atom. The van der Waals surface area contributed by atoms with Crippen molar-refractivity contribution in [3.8, 4) is 0 Å². The van der Waals surface area contributed by atoms with Crippen LogP contribution in [0, 0.1) is 5.82 Å². The molecule has 0 amide bonds. The molecule has 5 heteroatoms. The van der Waals surface area contributed by atoms with Crippen molar-refractivity contribution in [2.24, 2.45) is 0 Å². The number of hydrogen-bond acceptors (Lipinski definition) is 3. The highest BCUT2D eigenvalue weighted by Crippen LogP contribution is 2.21. The summed E-state index contributed by atoms with van der Waals surface area (Å²) in [6.07, 6.45) is 2.43. The number of halogens is 1. The van der Waals surface area contributed by atoms with E-state index < -0.39 is 0 Å². The molecule has 0 aliphatic carbocycles. The van der Waals surface area contributed by atoms with Gasteiger partial charge in [-0.15, -0.1) is 0 Å². The quantitative estimate of drug-likeness (QED) is 0.938. The first kappa shape index (κ1) is 14.5. The Morgan fingerprint density at radius 1 is 1.43 bits per heavy atom. The van der Waals surface area contributed by atoms with Crippen LogP contribution >= 0.6 is 0 Å². The Labute approximate surface area is 125 Å². The summed E-state index contributed by atoms with van der Waals surface area (Å²) in [5.74, 6) is 0.738. The smallest absolute Gasteiger partial charge is 0.151 e. The van der Waals surface area contributed by atoms with E-state index in [0.29, 0.717) is 11.6 Å². The molecule has 1 fully saturated rings. The second-order valence-corrected chi connectivity index (χ2v) is 5.74. The van der Waals surface area contributed by atoms with Crippen LogP contribution in [0.25, 0.3) is 11.0 Å². The number of nitrogens with zero attached hydrogens (tertiary/aromatic N) is 3. The lowest BCUT2D eigenvalue weighted by molar-refractivity contribution is 0.182. The summed E-state index contributed by atoms with van der Waals surface area (Å²) in [5, 5.41) is 3.36. The van der Waals surface area contributed by atoms with E-state index in [1.807, 2.05) is 13.1 Å². The molecule has 1 aliphatic heterocycles. The topological polar surface area (TPSA) is 33.1 Å². The van der Waals surface area contributed by atoms with Gasteiger partial charge in [-0.05, 0) is 45.5 Å². The summed E-state index contributed by atoms with van der Waals surface area (Å²) >= 11 is 0. The summed E-state index contributed by atoms with van der Waals surface area (Å²) in [6, 6.07) is 5.74. The molecule has 1 unspecified atom stereocenters. The van der Waals surface area contributed by atoms with Crippen LogP contribution in [0.2, 0.25) is 0 Å². The lowest BCUT2D eigenvalue weighted by Gasteiger charge is -2.32. The number of piperidine rings is 1. The second kappa shape index (κ2) is 6.12. The van der Waals surface area contributed by atoms with Crippen molar-refractivity contribution >= 4 is 11.0 Å². The molecule has 114 valence electrons. The van der Waals surface area contributed by atoms with E-state index in [-0.39, 0.29) is 5.82 Å². The highest BCUT2D eigenvalue weighted by atomic mass is 19.1. The van der Waals surface area contributed by atoms with Crippen molar-refractivity contribution in [3.63, 3.8) is 0 Å². The van der Waals surface area contributed by atoms with Crippen molar-refractivity contribution in [3.05, 3.63) is 29.8 Å². The number of likely N-dealkylation sites (tertiary alicyclic amines) is 1. The summed E-state index contributed by atoms with van der Waals surface area (Å²) in [7, 11) is 2.02. The Kier molecular flexibility index (Phi) is 4.22. The van der Waals surface area contributed by atoms with E-state index >= 15 is 0 Å². The third kappa shape index (κ3) is 2.80. The third-order valence-electron chi connectivity index (χ3n) is 4.40. The molecule has 1 N–H and O–H groups in total. The van der Waals surface area contributed by atoms with Crippen molar-refractivity contribution in [2.75, 3.05) is 20.1 Å². The number of aryl methyl sites for hydroxylation is 1. The van der Waals surface area contributed by atoms with Crippen molar-refractivity contribution < 1.29 is 4.39 Å². The van der Waals surface area contributed by atoms with Crippen molar-refractivity contribution in [1.29, 1.82) is 0 Å². The van der Waals surface area contributed by atoms with E-state index in [1.54, 1.807) is 6.07 Å². The maximum absolute atomic E-state index is 13.9. The van der Waals surface area contributed by atoms with Gasteiger partial charge in [0.2, 0.25) is 0 Å². The molecule has 3 rings (SSSR count). The third-order valence-corrected chi connectivity index (χ3v) is 4.40. The average Bonchev–Trinajstić information content (AvgIpc) is 2.86. The monoisotopic (exact) mass is 290 g/mol. The minimum Gasteiger partial charge on any atom is -0.327 e. The van der Waals surface area contributed by atoms with Crippen molar-refractivity contribution in [1.82, 2.24) is 19.8 Å². The molecule has 1 atom stereocenters. The van der Waals surface area contributed by atoms with Gasteiger partial charge in [0.25, 0.3) is 0 Å². The fraction of sp³-hybridized carbons (Fsp3) is 0.562. The average molecular weight is 290 g/mol. The normalized spacial score (nSPS) is 20.2. The highest BCUT2D eigenvalue weighted by Gasteiger charge is 2.21. The molecule has 21 heavy (non-hydrogen) atoms. The molecule has 0 spiro atoms. The molecule has 2 aromatic rings. The van der Waals surface area contributed by atoms with Crippen LogP contribution in [0.5, 0.6) is 0 Å². The van der Waals surface area contributed by atoms with Crippen LogP contribution in [0.4, 0.5) is 4.39 Å². The first-order valence-electron chi connectivity index (χ1n) is 7.76. The summed E-state index contributed by atoms with van der Waals surface area (Å²) in [5.41, 5.74) is 1.39. The molecule has 0 radical (unpaired) electrons. The van der Waals surface area contributed by atoms with Gasteiger partial charge >= 0.3 is 0 Å². The molecular formula is C16H23FN4. The van der Waals surface area contributed by atoms with Crippen LogP contribution in [-0.4, -0.2) is 40.6 Å². The minimum atomic E-state index is -0.229. The van der Waals surface area contributed by atoms with Gasteiger partial charge in [-0.2, -0.15) is 0 Å². The number of likely N-dealkylation sites (N-methyl/N-ethyl adjacent to an activating group) is 1. The lowest BCUT2D eigenvalue weighted by atomic mass is 10.1. The SMILES string of the molecule is CCn1c(CN2CCCC(NC)C2)nc2c(F)cccc21. The van der Waals surface area contributed by atoms with Crippen LogP contribution in [-0.2, 0) is 13.1 Å². The number of imidazole rings is 1. The van der Waals surface area contributed by atoms with Gasteiger partial charge in [-0.25, -0.2) is 9.37 Å². The Bertz CT molecular complexity index is 622. The molecule has 1 aromatic heterocycles. The van der Waals surface area contributed by atoms with Crippen LogP contribution in [0.1, 0.15) is 25.6 Å². The maximum atomic E-state index is 13.9. The fourth-order valence-corrected chi connectivity index (χ4v) is 3.27. The predicted octanol–water partition coefficient (Wildman–Crippen LogP) is 2.38. The number of rotatable bonds is 4. The van der Waals surface area contributed by atoms with Gasteiger partial charge in [-0.1, -0.05) is 6.07 Å². The lowest BCUT2D eigenvalue weighted by Crippen LogP contribution is -2.44. The van der Waals surface area contributed by atoms with Gasteiger partial charge in [0.1, 0.15) is 11.3 Å². The number of para-hydroxylation sites is 1. The minimum absolute atomic E-state index is 0.229. The van der Waals surface area contributed by atoms with E-state index in [4.69, 9.17) is 0 Å². The molecule has 1 saturated heterocycles. The number of benzene rings is 1. The number of aromatic nitrogens is 2. The second-order valence-electron chi connectivity index (χ2n) is 5.74. The van der Waals surface area contributed by atoms with Gasteiger partial charge in [-0.3, -0.25) is 4.90 Å². The molecule has 1 aliphatic rings. The van der Waals surface area contributed by atoms with E-state index in [2.05, 4.69) is 26.7 Å². The molecule has 2 heterocycles. The van der Waals surface area contributed by atoms with E-state index in [9.17, 15) is 4.39 Å². The first-order valence-corrected chi connectivity index (χ1v) is 7.76. The van der Waals surface area contributed by atoms with Crippen LogP contribution in [0.3, 0.4) is 0 Å². The fourth-order valence-electron chi connectivity index (χ4n) is 3.27. The van der Waals surface area contributed by atoms with Crippen LogP contribution in [0.15, 0.2) is 18.2 Å². The Hall–Kier alpha value is -1.46. The summed E-state index contributed by atoms with van der Waals surface area (Å²) in [4.78, 5) is 6.97. The largest absolute Gasteiger partial charge is 0.327 e. The number of nitrogens with one attached hydrogen (secondary N) is 1. The molecule has 4 nitrogen and oxygen atoms in total. The van der Waals surface area contributed by atoms with Gasteiger partial charge < -0.3 is 9.88 Å². The maximum Gasteiger partial charge on any atom is 0.151 e. The molecule has 0 bridgehead atoms. The molecule has 0 saturated carbocycles. The Morgan fingerprint density at radius 3 is 3.05 bits per heavy atom. The first-order chi connectivity index (χ1) is 10.2. The predicted molar refractivity (Wildman–Crippen MR) is 82.7 cm³/mol. The van der Waals surface area contributed by atoms with Crippen molar-refractivity contribution in [2.45, 2.75) is 38.9 Å². The number of hydrogen-bond donors (Lipinski definition) is 1. The zero-order chi connectivity index (χ0) is 14.8. The summed E-state index contributed by atoms with van der Waals surface area (Å²) < 4.78 is 16.0. The summed E-state index contributed by atoms with van der Waals surface area (Å²) in [6.45, 7) is 5.82. The molecule has 1 aromatic carbocycles. The van der Waals surface area contributed by atoms with Gasteiger partial charge in [0.15, 0.2) is 5.82 Å².